The van der Waals surface area contributed by atoms with Crippen LogP contribution in [-0.2, 0) is 0 Å². The van der Waals surface area contributed by atoms with Gasteiger partial charge in [0.1, 0.15) is 11.5 Å². The Morgan fingerprint density at radius 3 is 2.29 bits per heavy atom. The standard InChI is InChI=1S/C24H22Cl2N6O3/c1-34-17-11-16(12-18(14-17)35-2)22(33)30-7-9-31(10-8-30)24-28-23-27-6-5-21(32(23)29-24)15-3-4-19(25)20(26)13-15/h3-6,11-14H,7-10H2,1-2H3. The van der Waals surface area contributed by atoms with Crippen LogP contribution in [0, 0.1) is 0 Å². The van der Waals surface area contributed by atoms with Crippen LogP contribution >= 0.6 is 23.2 Å². The Morgan fingerprint density at radius 1 is 0.914 bits per heavy atom. The number of rotatable bonds is 5. The number of amides is 1. The normalized spacial score (nSPS) is 13.8. The van der Waals surface area contributed by atoms with E-state index in [1.807, 2.05) is 17.0 Å². The molecule has 2 aromatic carbocycles. The molecule has 11 heteroatoms. The summed E-state index contributed by atoms with van der Waals surface area (Å²) in [6.45, 7) is 2.24. The Bertz CT molecular complexity index is 1380. The lowest BCUT2D eigenvalue weighted by molar-refractivity contribution is 0.0745. The molecule has 1 aliphatic rings. The molecule has 0 bridgehead atoms. The molecule has 1 fully saturated rings. The number of carbonyl (C=O) groups is 1. The van der Waals surface area contributed by atoms with Gasteiger partial charge in [0.25, 0.3) is 11.7 Å². The highest BCUT2D eigenvalue weighted by molar-refractivity contribution is 6.42. The lowest BCUT2D eigenvalue weighted by Gasteiger charge is -2.34. The van der Waals surface area contributed by atoms with E-state index in [0.29, 0.717) is 65.0 Å². The largest absolute Gasteiger partial charge is 0.497 e. The van der Waals surface area contributed by atoms with Gasteiger partial charge in [0.2, 0.25) is 5.95 Å². The highest BCUT2D eigenvalue weighted by atomic mass is 35.5. The number of carbonyl (C=O) groups excluding carboxylic acids is 1. The molecule has 0 unspecified atom stereocenters. The highest BCUT2D eigenvalue weighted by Crippen LogP contribution is 2.29. The third kappa shape index (κ3) is 4.56. The number of aromatic nitrogens is 4. The summed E-state index contributed by atoms with van der Waals surface area (Å²) in [6, 6.07) is 12.4. The minimum Gasteiger partial charge on any atom is -0.497 e. The molecule has 3 heterocycles. The second-order valence-electron chi connectivity index (χ2n) is 7.96. The molecule has 9 nitrogen and oxygen atoms in total. The lowest BCUT2D eigenvalue weighted by Crippen LogP contribution is -2.49. The molecule has 1 aliphatic heterocycles. The van der Waals surface area contributed by atoms with Gasteiger partial charge in [-0.1, -0.05) is 29.3 Å². The molecular formula is C24H22Cl2N6O3. The first-order chi connectivity index (χ1) is 17.0. The first kappa shape index (κ1) is 23.2. The third-order valence-electron chi connectivity index (χ3n) is 5.89. The summed E-state index contributed by atoms with van der Waals surface area (Å²) < 4.78 is 12.3. The molecule has 180 valence electrons. The van der Waals surface area contributed by atoms with E-state index < -0.39 is 0 Å². The zero-order valence-corrected chi connectivity index (χ0v) is 20.6. The number of anilines is 1. The van der Waals surface area contributed by atoms with Crippen LogP contribution in [0.5, 0.6) is 11.5 Å². The van der Waals surface area contributed by atoms with Crippen molar-refractivity contribution in [3.05, 3.63) is 64.3 Å². The SMILES string of the molecule is COc1cc(OC)cc(C(=O)N2CCN(c3nc4nccc(-c5ccc(Cl)c(Cl)c5)n4n3)CC2)c1. The Kier molecular flexibility index (Phi) is 6.36. The molecule has 0 aliphatic carbocycles. The molecule has 2 aromatic heterocycles. The van der Waals surface area contributed by atoms with Crippen molar-refractivity contribution < 1.29 is 14.3 Å². The fourth-order valence-electron chi connectivity index (χ4n) is 4.01. The van der Waals surface area contributed by atoms with E-state index >= 15 is 0 Å². The van der Waals surface area contributed by atoms with E-state index in [1.54, 1.807) is 60.2 Å². The second-order valence-corrected chi connectivity index (χ2v) is 8.78. The molecule has 1 saturated heterocycles. The maximum Gasteiger partial charge on any atom is 0.254 e. The fraction of sp³-hybridized carbons (Fsp3) is 0.250. The summed E-state index contributed by atoms with van der Waals surface area (Å²) in [5.41, 5.74) is 2.18. The van der Waals surface area contributed by atoms with Crippen LogP contribution in [0.1, 0.15) is 10.4 Å². The summed E-state index contributed by atoms with van der Waals surface area (Å²) in [7, 11) is 3.12. The van der Waals surface area contributed by atoms with Crippen molar-refractivity contribution in [2.45, 2.75) is 0 Å². The number of piperazine rings is 1. The predicted octanol–water partition coefficient (Wildman–Crippen LogP) is 4.08. The maximum absolute atomic E-state index is 13.1. The number of hydrogen-bond acceptors (Lipinski definition) is 7. The number of ether oxygens (including phenoxy) is 2. The average Bonchev–Trinajstić information content (AvgIpc) is 3.34. The summed E-state index contributed by atoms with van der Waals surface area (Å²) >= 11 is 12.3. The van der Waals surface area contributed by atoms with Crippen LogP contribution in [0.2, 0.25) is 10.0 Å². The number of methoxy groups -OCH3 is 2. The Hall–Kier alpha value is -3.56. The van der Waals surface area contributed by atoms with Crippen molar-refractivity contribution in [1.29, 1.82) is 0 Å². The molecular weight excluding hydrogens is 491 g/mol. The molecule has 1 amide bonds. The van der Waals surface area contributed by atoms with Gasteiger partial charge in [-0.25, -0.2) is 4.98 Å². The van der Waals surface area contributed by atoms with E-state index in [-0.39, 0.29) is 5.91 Å². The summed E-state index contributed by atoms with van der Waals surface area (Å²) in [6.07, 6.45) is 1.69. The monoisotopic (exact) mass is 512 g/mol. The van der Waals surface area contributed by atoms with E-state index in [2.05, 4.69) is 9.97 Å². The van der Waals surface area contributed by atoms with Crippen molar-refractivity contribution in [3.8, 4) is 22.8 Å². The molecule has 0 N–H and O–H groups in total. The highest BCUT2D eigenvalue weighted by Gasteiger charge is 2.25. The number of hydrogen-bond donors (Lipinski definition) is 0. The van der Waals surface area contributed by atoms with Crippen LogP contribution in [0.4, 0.5) is 5.95 Å². The van der Waals surface area contributed by atoms with Crippen LogP contribution in [0.25, 0.3) is 17.0 Å². The van der Waals surface area contributed by atoms with Crippen molar-refractivity contribution >= 4 is 40.8 Å². The topological polar surface area (TPSA) is 85.1 Å². The van der Waals surface area contributed by atoms with Crippen LogP contribution < -0.4 is 14.4 Å². The zero-order chi connectivity index (χ0) is 24.5. The van der Waals surface area contributed by atoms with Gasteiger partial charge in [-0.05, 0) is 30.3 Å². The Labute approximate surface area is 211 Å². The lowest BCUT2D eigenvalue weighted by atomic mass is 10.1. The summed E-state index contributed by atoms with van der Waals surface area (Å²) in [5, 5.41) is 5.64. The molecule has 5 rings (SSSR count). The van der Waals surface area contributed by atoms with E-state index in [9.17, 15) is 4.79 Å². The van der Waals surface area contributed by atoms with E-state index in [1.165, 1.54) is 0 Å². The quantitative estimate of drug-likeness (QED) is 0.398. The Morgan fingerprint density at radius 2 is 1.63 bits per heavy atom. The van der Waals surface area contributed by atoms with Gasteiger partial charge >= 0.3 is 0 Å². The van der Waals surface area contributed by atoms with Crippen molar-refractivity contribution in [1.82, 2.24) is 24.5 Å². The number of fused-ring (bicyclic) bond motifs is 1. The first-order valence-corrected chi connectivity index (χ1v) is 11.7. The van der Waals surface area contributed by atoms with Gasteiger partial charge in [0.15, 0.2) is 0 Å². The summed E-state index contributed by atoms with van der Waals surface area (Å²) in [5.74, 6) is 2.11. The average molecular weight is 513 g/mol. The van der Waals surface area contributed by atoms with Gasteiger partial charge in [0.05, 0.1) is 30.0 Å². The van der Waals surface area contributed by atoms with Crippen LogP contribution in [-0.4, -0.2) is 70.8 Å². The van der Waals surface area contributed by atoms with Crippen molar-refractivity contribution in [2.75, 3.05) is 45.3 Å². The number of halogens is 2. The molecule has 0 spiro atoms. The molecule has 4 aromatic rings. The smallest absolute Gasteiger partial charge is 0.254 e. The van der Waals surface area contributed by atoms with Gasteiger partial charge in [-0.15, -0.1) is 5.10 Å². The second kappa shape index (κ2) is 9.59. The maximum atomic E-state index is 13.1. The van der Waals surface area contributed by atoms with Crippen molar-refractivity contribution in [2.24, 2.45) is 0 Å². The van der Waals surface area contributed by atoms with Crippen molar-refractivity contribution in [3.63, 3.8) is 0 Å². The number of benzene rings is 2. The van der Waals surface area contributed by atoms with Gasteiger partial charge in [-0.3, -0.25) is 4.79 Å². The van der Waals surface area contributed by atoms with Gasteiger partial charge < -0.3 is 19.3 Å². The first-order valence-electron chi connectivity index (χ1n) is 10.9. The van der Waals surface area contributed by atoms with E-state index in [0.717, 1.165) is 11.3 Å². The third-order valence-corrected chi connectivity index (χ3v) is 6.63. The van der Waals surface area contributed by atoms with Crippen LogP contribution in [0.15, 0.2) is 48.7 Å². The van der Waals surface area contributed by atoms with Gasteiger partial charge in [-0.2, -0.15) is 9.50 Å². The minimum atomic E-state index is -0.0756. The summed E-state index contributed by atoms with van der Waals surface area (Å²) in [4.78, 5) is 25.9. The minimum absolute atomic E-state index is 0.0756. The van der Waals surface area contributed by atoms with E-state index in [4.69, 9.17) is 37.8 Å². The Balaban J connectivity index is 1.34. The molecule has 0 radical (unpaired) electrons. The fourth-order valence-corrected chi connectivity index (χ4v) is 4.31. The van der Waals surface area contributed by atoms with Crippen LogP contribution in [0.3, 0.4) is 0 Å². The number of nitrogens with zero attached hydrogens (tertiary/aromatic N) is 6. The van der Waals surface area contributed by atoms with Gasteiger partial charge in [0, 0.05) is 49.6 Å². The molecule has 0 saturated carbocycles. The predicted molar refractivity (Wildman–Crippen MR) is 134 cm³/mol. The molecule has 35 heavy (non-hydrogen) atoms. The zero-order valence-electron chi connectivity index (χ0n) is 19.1. The molecule has 0 atom stereocenters.